The zero-order valence-corrected chi connectivity index (χ0v) is 15.5. The Kier molecular flexibility index (Phi) is 4.44. The number of imidazole rings is 1. The molecule has 0 aliphatic carbocycles. The van der Waals surface area contributed by atoms with Gasteiger partial charge in [-0.1, -0.05) is 30.3 Å². The van der Waals surface area contributed by atoms with Gasteiger partial charge in [-0.15, -0.1) is 0 Å². The maximum Gasteiger partial charge on any atom is 0.252 e. The number of primary amides is 1. The highest BCUT2D eigenvalue weighted by Crippen LogP contribution is 2.24. The van der Waals surface area contributed by atoms with Crippen LogP contribution in [-0.4, -0.2) is 30.2 Å². The lowest BCUT2D eigenvalue weighted by Crippen LogP contribution is -2.12. The van der Waals surface area contributed by atoms with Crippen molar-refractivity contribution in [3.8, 4) is 11.5 Å². The van der Waals surface area contributed by atoms with Gasteiger partial charge in [-0.05, 0) is 31.5 Å². The van der Waals surface area contributed by atoms with Gasteiger partial charge >= 0.3 is 0 Å². The number of anilines is 1. The average Bonchev–Trinajstić information content (AvgIpc) is 3.02. The molecule has 1 amide bonds. The highest BCUT2D eigenvalue weighted by atomic mass is 16.1. The van der Waals surface area contributed by atoms with Gasteiger partial charge in [0.05, 0.1) is 11.3 Å². The van der Waals surface area contributed by atoms with Crippen molar-refractivity contribution in [3.05, 3.63) is 71.3 Å². The molecule has 3 aromatic heterocycles. The summed E-state index contributed by atoms with van der Waals surface area (Å²) in [5.74, 6) is 1.02. The molecule has 1 aromatic carbocycles. The van der Waals surface area contributed by atoms with Crippen LogP contribution in [-0.2, 0) is 6.54 Å². The Bertz CT molecular complexity index is 1170. The third-order valence-electron chi connectivity index (χ3n) is 4.34. The molecule has 0 atom stereocenters. The van der Waals surface area contributed by atoms with E-state index in [9.17, 15) is 4.79 Å². The van der Waals surface area contributed by atoms with Crippen LogP contribution >= 0.6 is 0 Å². The number of amides is 1. The van der Waals surface area contributed by atoms with Crippen molar-refractivity contribution in [2.24, 2.45) is 5.73 Å². The molecule has 0 saturated carbocycles. The molecular weight excluding hydrogens is 354 g/mol. The van der Waals surface area contributed by atoms with Crippen LogP contribution in [0.25, 0.3) is 17.2 Å². The highest BCUT2D eigenvalue weighted by molar-refractivity contribution is 5.99. The van der Waals surface area contributed by atoms with Crippen LogP contribution in [0.2, 0.25) is 0 Å². The third kappa shape index (κ3) is 3.27. The molecule has 3 heterocycles. The van der Waals surface area contributed by atoms with Gasteiger partial charge in [-0.2, -0.15) is 9.97 Å². The largest absolute Gasteiger partial charge is 0.365 e. The van der Waals surface area contributed by atoms with E-state index in [1.807, 2.05) is 50.4 Å². The fourth-order valence-electron chi connectivity index (χ4n) is 3.09. The summed E-state index contributed by atoms with van der Waals surface area (Å²) >= 11 is 0. The predicted octanol–water partition coefficient (Wildman–Crippen LogP) is 2.51. The zero-order chi connectivity index (χ0) is 19.7. The molecule has 140 valence electrons. The Morgan fingerprint density at radius 1 is 1.04 bits per heavy atom. The van der Waals surface area contributed by atoms with Crippen molar-refractivity contribution in [3.63, 3.8) is 0 Å². The van der Waals surface area contributed by atoms with Crippen LogP contribution in [0.3, 0.4) is 0 Å². The number of rotatable bonds is 5. The second-order valence-corrected chi connectivity index (χ2v) is 6.39. The number of nitrogens with two attached hydrogens (primary N) is 1. The molecular formula is C20H19N7O. The number of carbonyl (C=O) groups excluding carboxylic acids is 1. The fraction of sp³-hybridized carbons (Fsp3) is 0.150. The van der Waals surface area contributed by atoms with E-state index in [0.29, 0.717) is 46.7 Å². The molecule has 28 heavy (non-hydrogen) atoms. The van der Waals surface area contributed by atoms with Gasteiger partial charge in [0.2, 0.25) is 5.95 Å². The van der Waals surface area contributed by atoms with E-state index in [4.69, 9.17) is 5.73 Å². The molecule has 0 aliphatic rings. The molecule has 0 radical (unpaired) electrons. The molecule has 0 bridgehead atoms. The first-order chi connectivity index (χ1) is 13.5. The monoisotopic (exact) mass is 373 g/mol. The number of aromatic nitrogens is 5. The van der Waals surface area contributed by atoms with Crippen molar-refractivity contribution in [1.29, 1.82) is 0 Å². The summed E-state index contributed by atoms with van der Waals surface area (Å²) in [6.45, 7) is 4.26. The van der Waals surface area contributed by atoms with E-state index in [1.54, 1.807) is 16.5 Å². The van der Waals surface area contributed by atoms with E-state index in [2.05, 4.69) is 25.3 Å². The van der Waals surface area contributed by atoms with Crippen LogP contribution in [0.5, 0.6) is 0 Å². The van der Waals surface area contributed by atoms with E-state index < -0.39 is 5.91 Å². The third-order valence-corrected chi connectivity index (χ3v) is 4.34. The standard InChI is InChI=1S/C20H19N7O/c1-12-16(27-10-6-9-15(17(21)28)19(27)23-12)18-24-13(2)25-20(26-18)22-11-14-7-4-3-5-8-14/h3-10H,11H2,1-2H3,(H2,21,28)(H,22,24,25,26). The maximum absolute atomic E-state index is 11.7. The Labute approximate surface area is 161 Å². The molecule has 0 spiro atoms. The summed E-state index contributed by atoms with van der Waals surface area (Å²) in [6.07, 6.45) is 1.81. The number of aryl methyl sites for hydroxylation is 2. The Morgan fingerprint density at radius 3 is 2.57 bits per heavy atom. The lowest BCUT2D eigenvalue weighted by atomic mass is 10.2. The molecule has 0 aliphatic heterocycles. The second kappa shape index (κ2) is 7.07. The Morgan fingerprint density at radius 2 is 1.82 bits per heavy atom. The molecule has 4 aromatic rings. The van der Waals surface area contributed by atoms with Crippen molar-refractivity contribution < 1.29 is 4.79 Å². The normalized spacial score (nSPS) is 10.9. The zero-order valence-electron chi connectivity index (χ0n) is 15.5. The van der Waals surface area contributed by atoms with Crippen molar-refractivity contribution >= 4 is 17.5 Å². The van der Waals surface area contributed by atoms with Gasteiger partial charge in [-0.3, -0.25) is 9.20 Å². The molecule has 8 heteroatoms. The van der Waals surface area contributed by atoms with E-state index in [0.717, 1.165) is 5.56 Å². The van der Waals surface area contributed by atoms with E-state index in [1.165, 1.54) is 0 Å². The lowest BCUT2D eigenvalue weighted by Gasteiger charge is -2.08. The minimum atomic E-state index is -0.529. The van der Waals surface area contributed by atoms with Gasteiger partial charge < -0.3 is 11.1 Å². The van der Waals surface area contributed by atoms with Gasteiger partial charge in [0.25, 0.3) is 5.91 Å². The molecule has 3 N–H and O–H groups in total. The average molecular weight is 373 g/mol. The number of benzene rings is 1. The number of nitrogens with one attached hydrogen (secondary N) is 1. The fourth-order valence-corrected chi connectivity index (χ4v) is 3.09. The molecule has 0 fully saturated rings. The first kappa shape index (κ1) is 17.6. The van der Waals surface area contributed by atoms with Crippen molar-refractivity contribution in [1.82, 2.24) is 24.3 Å². The maximum atomic E-state index is 11.7. The van der Waals surface area contributed by atoms with Gasteiger partial charge in [0.15, 0.2) is 5.82 Å². The number of hydrogen-bond donors (Lipinski definition) is 2. The number of nitrogens with zero attached hydrogens (tertiary/aromatic N) is 5. The minimum Gasteiger partial charge on any atom is -0.365 e. The van der Waals surface area contributed by atoms with Crippen molar-refractivity contribution in [2.45, 2.75) is 20.4 Å². The van der Waals surface area contributed by atoms with Crippen LogP contribution in [0.4, 0.5) is 5.95 Å². The first-order valence-corrected chi connectivity index (χ1v) is 8.81. The number of carbonyl (C=O) groups is 1. The quantitative estimate of drug-likeness (QED) is 0.556. The number of fused-ring (bicyclic) bond motifs is 1. The van der Waals surface area contributed by atoms with Crippen LogP contribution in [0, 0.1) is 13.8 Å². The Hall–Kier alpha value is -3.81. The van der Waals surface area contributed by atoms with Gasteiger partial charge in [-0.25, -0.2) is 9.97 Å². The molecule has 8 nitrogen and oxygen atoms in total. The summed E-state index contributed by atoms with van der Waals surface area (Å²) in [5.41, 5.74) is 8.84. The first-order valence-electron chi connectivity index (χ1n) is 8.81. The number of hydrogen-bond acceptors (Lipinski definition) is 6. The second-order valence-electron chi connectivity index (χ2n) is 6.39. The van der Waals surface area contributed by atoms with Crippen LogP contribution in [0.15, 0.2) is 48.7 Å². The molecule has 0 unspecified atom stereocenters. The summed E-state index contributed by atoms with van der Waals surface area (Å²) in [7, 11) is 0. The summed E-state index contributed by atoms with van der Waals surface area (Å²) in [5, 5.41) is 3.24. The van der Waals surface area contributed by atoms with Gasteiger partial charge in [0.1, 0.15) is 17.2 Å². The van der Waals surface area contributed by atoms with Crippen LogP contribution in [0.1, 0.15) is 27.4 Å². The van der Waals surface area contributed by atoms with Crippen LogP contribution < -0.4 is 11.1 Å². The molecule has 4 rings (SSSR count). The predicted molar refractivity (Wildman–Crippen MR) is 106 cm³/mol. The van der Waals surface area contributed by atoms with Crippen molar-refractivity contribution in [2.75, 3.05) is 5.32 Å². The van der Waals surface area contributed by atoms with E-state index in [-0.39, 0.29) is 0 Å². The number of pyridine rings is 1. The smallest absolute Gasteiger partial charge is 0.252 e. The summed E-state index contributed by atoms with van der Waals surface area (Å²) in [6, 6.07) is 13.4. The van der Waals surface area contributed by atoms with E-state index >= 15 is 0 Å². The summed E-state index contributed by atoms with van der Waals surface area (Å²) < 4.78 is 1.78. The highest BCUT2D eigenvalue weighted by Gasteiger charge is 2.18. The topological polar surface area (TPSA) is 111 Å². The Balaban J connectivity index is 1.75. The SMILES string of the molecule is Cc1nc(NCc2ccccc2)nc(-c2c(C)nc3c(C(N)=O)cccn23)n1. The lowest BCUT2D eigenvalue weighted by molar-refractivity contribution is 0.100. The van der Waals surface area contributed by atoms with Gasteiger partial charge in [0, 0.05) is 12.7 Å². The molecule has 0 saturated heterocycles. The summed E-state index contributed by atoms with van der Waals surface area (Å²) in [4.78, 5) is 29.6. The minimum absolute atomic E-state index is 0.352.